The first kappa shape index (κ1) is 15.5. The monoisotopic (exact) mass is 388 g/mol. The second kappa shape index (κ2) is 6.56. The molecule has 0 fully saturated rings. The van der Waals surface area contributed by atoms with E-state index in [1.165, 1.54) is 12.1 Å². The number of carbonyl (C=O) groups excluding carboxylic acids is 1. The van der Waals surface area contributed by atoms with Gasteiger partial charge in [0, 0.05) is 17.1 Å². The summed E-state index contributed by atoms with van der Waals surface area (Å²) >= 11 is 6.20. The Bertz CT molecular complexity index is 433. The number of Topliss-reactive ketones (excluding diaryl/α,β-unsaturated/α-hetero) is 1. The summed E-state index contributed by atoms with van der Waals surface area (Å²) in [6.45, 7) is 0. The minimum atomic E-state index is -4.81. The molecule has 2 nitrogen and oxygen atoms in total. The molecule has 0 radical (unpaired) electrons. The summed E-state index contributed by atoms with van der Waals surface area (Å²) in [5.74, 6) is -0.849. The van der Waals surface area contributed by atoms with Crippen molar-refractivity contribution >= 4 is 37.6 Å². The van der Waals surface area contributed by atoms with Crippen LogP contribution in [-0.2, 0) is 5.33 Å². The fourth-order valence-electron chi connectivity index (χ4n) is 1.31. The predicted octanol–water partition coefficient (Wildman–Crippen LogP) is 4.45. The SMILES string of the molecule is O=C(CCBr)c1ccc(CBr)cc1OC(F)(F)F. The maximum atomic E-state index is 12.3. The van der Waals surface area contributed by atoms with Crippen LogP contribution in [0.15, 0.2) is 18.2 Å². The lowest BCUT2D eigenvalue weighted by molar-refractivity contribution is -0.274. The molecule has 100 valence electrons. The van der Waals surface area contributed by atoms with Crippen LogP contribution in [0.25, 0.3) is 0 Å². The van der Waals surface area contributed by atoms with Crippen molar-refractivity contribution < 1.29 is 22.7 Å². The first-order valence-electron chi connectivity index (χ1n) is 4.91. The van der Waals surface area contributed by atoms with Crippen molar-refractivity contribution in [3.05, 3.63) is 29.3 Å². The molecule has 0 saturated carbocycles. The van der Waals surface area contributed by atoms with Crippen molar-refractivity contribution in [3.63, 3.8) is 0 Å². The Morgan fingerprint density at radius 3 is 2.44 bits per heavy atom. The lowest BCUT2D eigenvalue weighted by Gasteiger charge is -2.13. The zero-order valence-electron chi connectivity index (χ0n) is 9.06. The summed E-state index contributed by atoms with van der Waals surface area (Å²) in [6, 6.07) is 4.14. The number of hydrogen-bond donors (Lipinski definition) is 0. The van der Waals surface area contributed by atoms with Gasteiger partial charge in [0.2, 0.25) is 0 Å². The fraction of sp³-hybridized carbons (Fsp3) is 0.364. The van der Waals surface area contributed by atoms with Gasteiger partial charge in [-0.1, -0.05) is 37.9 Å². The molecule has 1 aromatic rings. The minimum Gasteiger partial charge on any atom is -0.405 e. The van der Waals surface area contributed by atoms with E-state index in [1.807, 2.05) is 0 Å². The zero-order chi connectivity index (χ0) is 13.8. The molecule has 0 saturated heterocycles. The van der Waals surface area contributed by atoms with Crippen LogP contribution in [0.1, 0.15) is 22.3 Å². The van der Waals surface area contributed by atoms with Crippen LogP contribution >= 0.6 is 31.9 Å². The average Bonchev–Trinajstić information content (AvgIpc) is 2.27. The number of benzene rings is 1. The topological polar surface area (TPSA) is 26.3 Å². The van der Waals surface area contributed by atoms with E-state index < -0.39 is 17.9 Å². The highest BCUT2D eigenvalue weighted by Gasteiger charge is 2.32. The van der Waals surface area contributed by atoms with Gasteiger partial charge in [-0.15, -0.1) is 13.2 Å². The molecular weight excluding hydrogens is 381 g/mol. The Morgan fingerprint density at radius 2 is 1.94 bits per heavy atom. The molecule has 7 heteroatoms. The maximum Gasteiger partial charge on any atom is 0.573 e. The smallest absolute Gasteiger partial charge is 0.405 e. The Labute approximate surface area is 119 Å². The molecule has 0 aromatic heterocycles. The molecule has 0 N–H and O–H groups in total. The van der Waals surface area contributed by atoms with Gasteiger partial charge in [-0.3, -0.25) is 4.79 Å². The highest BCUT2D eigenvalue weighted by molar-refractivity contribution is 9.09. The largest absolute Gasteiger partial charge is 0.573 e. The number of ether oxygens (including phenoxy) is 1. The van der Waals surface area contributed by atoms with E-state index >= 15 is 0 Å². The van der Waals surface area contributed by atoms with Gasteiger partial charge in [-0.05, 0) is 17.7 Å². The minimum absolute atomic E-state index is 0.0588. The lowest BCUT2D eigenvalue weighted by atomic mass is 10.1. The number of carbonyl (C=O) groups is 1. The van der Waals surface area contributed by atoms with Gasteiger partial charge in [-0.25, -0.2) is 0 Å². The Balaban J connectivity index is 3.12. The molecule has 0 aliphatic carbocycles. The normalized spacial score (nSPS) is 11.4. The van der Waals surface area contributed by atoms with Gasteiger partial charge in [-0.2, -0.15) is 0 Å². The molecule has 0 spiro atoms. The third-order valence-corrected chi connectivity index (χ3v) is 3.09. The van der Waals surface area contributed by atoms with Crippen LogP contribution in [0.3, 0.4) is 0 Å². The van der Waals surface area contributed by atoms with Crippen molar-refractivity contribution in [3.8, 4) is 5.75 Å². The van der Waals surface area contributed by atoms with Crippen LogP contribution in [-0.4, -0.2) is 17.5 Å². The van der Waals surface area contributed by atoms with Crippen LogP contribution in [0.5, 0.6) is 5.75 Å². The fourth-order valence-corrected chi connectivity index (χ4v) is 2.02. The van der Waals surface area contributed by atoms with Crippen LogP contribution < -0.4 is 4.74 Å². The Hall–Kier alpha value is -0.560. The van der Waals surface area contributed by atoms with Crippen LogP contribution in [0.4, 0.5) is 13.2 Å². The quantitative estimate of drug-likeness (QED) is 0.549. The van der Waals surface area contributed by atoms with E-state index in [0.717, 1.165) is 0 Å². The van der Waals surface area contributed by atoms with Crippen LogP contribution in [0, 0.1) is 0 Å². The summed E-state index contributed by atoms with van der Waals surface area (Å²) in [6.07, 6.45) is -4.70. The van der Waals surface area contributed by atoms with Crippen molar-refractivity contribution in [1.29, 1.82) is 0 Å². The van der Waals surface area contributed by atoms with E-state index in [0.29, 0.717) is 16.2 Å². The van der Waals surface area contributed by atoms with Gasteiger partial charge >= 0.3 is 6.36 Å². The molecule has 0 aliphatic rings. The second-order valence-electron chi connectivity index (χ2n) is 3.37. The van der Waals surface area contributed by atoms with Crippen molar-refractivity contribution in [2.75, 3.05) is 5.33 Å². The Kier molecular flexibility index (Phi) is 5.65. The van der Waals surface area contributed by atoms with E-state index in [1.54, 1.807) is 6.07 Å². The maximum absolute atomic E-state index is 12.3. The second-order valence-corrected chi connectivity index (χ2v) is 4.73. The highest BCUT2D eigenvalue weighted by atomic mass is 79.9. The molecule has 0 atom stereocenters. The van der Waals surface area contributed by atoms with Crippen molar-refractivity contribution in [1.82, 2.24) is 0 Å². The van der Waals surface area contributed by atoms with Crippen LogP contribution in [0.2, 0.25) is 0 Å². The first-order chi connectivity index (χ1) is 8.37. The van der Waals surface area contributed by atoms with Crippen molar-refractivity contribution in [2.24, 2.45) is 0 Å². The molecule has 1 rings (SSSR count). The number of hydrogen-bond acceptors (Lipinski definition) is 2. The molecule has 0 amide bonds. The molecule has 0 bridgehead atoms. The number of alkyl halides is 5. The number of ketones is 1. The average molecular weight is 390 g/mol. The first-order valence-corrected chi connectivity index (χ1v) is 7.15. The van der Waals surface area contributed by atoms with E-state index in [4.69, 9.17) is 0 Å². The van der Waals surface area contributed by atoms with E-state index in [2.05, 4.69) is 36.6 Å². The third kappa shape index (κ3) is 4.61. The Morgan fingerprint density at radius 1 is 1.28 bits per heavy atom. The molecule has 18 heavy (non-hydrogen) atoms. The standard InChI is InChI=1S/C11H9Br2F3O2/c12-4-3-9(17)8-2-1-7(6-13)5-10(8)18-11(14,15)16/h1-2,5H,3-4,6H2. The molecule has 1 aromatic carbocycles. The van der Waals surface area contributed by atoms with E-state index in [-0.39, 0.29) is 12.0 Å². The summed E-state index contributed by atoms with van der Waals surface area (Å²) in [5, 5.41) is 0.769. The summed E-state index contributed by atoms with van der Waals surface area (Å²) in [4.78, 5) is 11.7. The molecule has 0 unspecified atom stereocenters. The van der Waals surface area contributed by atoms with Gasteiger partial charge in [0.1, 0.15) is 5.75 Å². The molecule has 0 heterocycles. The van der Waals surface area contributed by atoms with Crippen molar-refractivity contribution in [2.45, 2.75) is 18.1 Å². The zero-order valence-corrected chi connectivity index (χ0v) is 12.2. The van der Waals surface area contributed by atoms with Gasteiger partial charge < -0.3 is 4.74 Å². The van der Waals surface area contributed by atoms with Gasteiger partial charge in [0.05, 0.1) is 5.56 Å². The molecule has 0 aliphatic heterocycles. The molecular formula is C11H9Br2F3O2. The summed E-state index contributed by atoms with van der Waals surface area (Å²) in [5.41, 5.74) is 0.543. The number of rotatable bonds is 5. The summed E-state index contributed by atoms with van der Waals surface area (Å²) < 4.78 is 40.6. The van der Waals surface area contributed by atoms with Gasteiger partial charge in [0.25, 0.3) is 0 Å². The van der Waals surface area contributed by atoms with E-state index in [9.17, 15) is 18.0 Å². The lowest BCUT2D eigenvalue weighted by Crippen LogP contribution is -2.19. The number of halogens is 5. The predicted molar refractivity (Wildman–Crippen MR) is 68.5 cm³/mol. The summed E-state index contributed by atoms with van der Waals surface area (Å²) in [7, 11) is 0. The van der Waals surface area contributed by atoms with Gasteiger partial charge in [0.15, 0.2) is 5.78 Å². The third-order valence-electron chi connectivity index (χ3n) is 2.05. The highest BCUT2D eigenvalue weighted by Crippen LogP contribution is 2.29.